The lowest BCUT2D eigenvalue weighted by Crippen LogP contribution is -2.12. The van der Waals surface area contributed by atoms with E-state index in [0.29, 0.717) is 10.7 Å². The smallest absolute Gasteiger partial charge is 0.310 e. The maximum atomic E-state index is 12.0. The van der Waals surface area contributed by atoms with E-state index >= 15 is 0 Å². The molecule has 2 aromatic carbocycles. The summed E-state index contributed by atoms with van der Waals surface area (Å²) in [6, 6.07) is 14.4. The third kappa shape index (κ3) is 5.11. The number of nitrogens with one attached hydrogen (secondary N) is 1. The van der Waals surface area contributed by atoms with Gasteiger partial charge in [-0.1, -0.05) is 41.9 Å². The molecule has 1 N–H and O–H groups in total. The Morgan fingerprint density at radius 1 is 1.13 bits per heavy atom. The molecular formula is C18H18ClNO3. The van der Waals surface area contributed by atoms with Crippen molar-refractivity contribution in [3.05, 3.63) is 64.7 Å². The fourth-order valence-corrected chi connectivity index (χ4v) is 2.47. The second-order valence-corrected chi connectivity index (χ2v) is 5.62. The quantitative estimate of drug-likeness (QED) is 0.837. The number of hydrogen-bond donors (Lipinski definition) is 1. The van der Waals surface area contributed by atoms with Crippen LogP contribution in [0.15, 0.2) is 48.5 Å². The Bertz CT molecular complexity index is 698. The van der Waals surface area contributed by atoms with Gasteiger partial charge in [0.1, 0.15) is 6.10 Å². The van der Waals surface area contributed by atoms with Gasteiger partial charge in [-0.05, 0) is 30.7 Å². The van der Waals surface area contributed by atoms with Crippen LogP contribution in [0.1, 0.15) is 31.1 Å². The van der Waals surface area contributed by atoms with Crippen LogP contribution < -0.4 is 5.32 Å². The van der Waals surface area contributed by atoms with Gasteiger partial charge in [0, 0.05) is 23.2 Å². The number of benzene rings is 2. The van der Waals surface area contributed by atoms with Crippen molar-refractivity contribution in [2.75, 3.05) is 5.32 Å². The monoisotopic (exact) mass is 331 g/mol. The van der Waals surface area contributed by atoms with Crippen molar-refractivity contribution in [2.45, 2.75) is 26.4 Å². The van der Waals surface area contributed by atoms with Crippen molar-refractivity contribution in [1.29, 1.82) is 0 Å². The van der Waals surface area contributed by atoms with Crippen molar-refractivity contribution >= 4 is 29.2 Å². The van der Waals surface area contributed by atoms with Gasteiger partial charge in [0.15, 0.2) is 0 Å². The molecule has 1 atom stereocenters. The number of anilines is 1. The molecule has 2 rings (SSSR count). The molecule has 0 heterocycles. The molecular weight excluding hydrogens is 314 g/mol. The third-order valence-electron chi connectivity index (χ3n) is 3.27. The molecule has 1 amide bonds. The number of hydrogen-bond acceptors (Lipinski definition) is 3. The molecule has 2 aromatic rings. The summed E-state index contributed by atoms with van der Waals surface area (Å²) in [4.78, 5) is 23.0. The molecule has 0 unspecified atom stereocenters. The molecule has 0 fully saturated rings. The highest BCUT2D eigenvalue weighted by atomic mass is 35.5. The van der Waals surface area contributed by atoms with Crippen molar-refractivity contribution < 1.29 is 14.3 Å². The van der Waals surface area contributed by atoms with E-state index in [0.717, 1.165) is 11.1 Å². The summed E-state index contributed by atoms with van der Waals surface area (Å²) >= 11 is 6.10. The first-order chi connectivity index (χ1) is 11.0. The first-order valence-electron chi connectivity index (χ1n) is 7.26. The minimum absolute atomic E-state index is 0.134. The van der Waals surface area contributed by atoms with Crippen LogP contribution in [0, 0.1) is 0 Å². The van der Waals surface area contributed by atoms with Crippen molar-refractivity contribution in [1.82, 2.24) is 0 Å². The second-order valence-electron chi connectivity index (χ2n) is 5.21. The van der Waals surface area contributed by atoms with E-state index in [1.165, 1.54) is 6.92 Å². The number of carbonyl (C=O) groups is 2. The predicted octanol–water partition coefficient (Wildman–Crippen LogP) is 4.15. The molecule has 5 heteroatoms. The summed E-state index contributed by atoms with van der Waals surface area (Å²) in [6.45, 7) is 3.24. The molecule has 0 aliphatic heterocycles. The van der Waals surface area contributed by atoms with Gasteiger partial charge in [0.25, 0.3) is 0 Å². The highest BCUT2D eigenvalue weighted by Gasteiger charge is 2.14. The number of halogens is 1. The summed E-state index contributed by atoms with van der Waals surface area (Å²) in [5.41, 5.74) is 2.29. The van der Waals surface area contributed by atoms with E-state index in [2.05, 4.69) is 5.32 Å². The fraction of sp³-hybridized carbons (Fsp3) is 0.222. The van der Waals surface area contributed by atoms with Crippen LogP contribution in [-0.2, 0) is 20.7 Å². The highest BCUT2D eigenvalue weighted by molar-refractivity contribution is 6.31. The first-order valence-corrected chi connectivity index (χ1v) is 7.64. The number of carbonyl (C=O) groups excluding carboxylic acids is 2. The molecule has 0 bridgehead atoms. The Kier molecular flexibility index (Phi) is 5.77. The van der Waals surface area contributed by atoms with E-state index < -0.39 is 6.10 Å². The van der Waals surface area contributed by atoms with Crippen molar-refractivity contribution in [2.24, 2.45) is 0 Å². The van der Waals surface area contributed by atoms with Gasteiger partial charge >= 0.3 is 5.97 Å². The fourth-order valence-electron chi connectivity index (χ4n) is 2.18. The van der Waals surface area contributed by atoms with Crippen LogP contribution in [0.5, 0.6) is 0 Å². The molecule has 0 spiro atoms. The average Bonchev–Trinajstić information content (AvgIpc) is 2.49. The Balaban J connectivity index is 1.94. The van der Waals surface area contributed by atoms with Crippen molar-refractivity contribution in [3.8, 4) is 0 Å². The van der Waals surface area contributed by atoms with Crippen LogP contribution in [-0.4, -0.2) is 11.9 Å². The molecule has 0 aliphatic rings. The lowest BCUT2D eigenvalue weighted by Gasteiger charge is -2.15. The van der Waals surface area contributed by atoms with Crippen LogP contribution in [0.4, 0.5) is 5.69 Å². The minimum atomic E-state index is -0.408. The first kappa shape index (κ1) is 17.0. The molecule has 23 heavy (non-hydrogen) atoms. The summed E-state index contributed by atoms with van der Waals surface area (Å²) < 4.78 is 5.42. The van der Waals surface area contributed by atoms with E-state index in [-0.39, 0.29) is 18.3 Å². The largest absolute Gasteiger partial charge is 0.457 e. The van der Waals surface area contributed by atoms with Crippen LogP contribution >= 0.6 is 11.6 Å². The van der Waals surface area contributed by atoms with E-state index in [1.807, 2.05) is 18.2 Å². The van der Waals surface area contributed by atoms with Crippen LogP contribution in [0.3, 0.4) is 0 Å². The van der Waals surface area contributed by atoms with Gasteiger partial charge in [-0.25, -0.2) is 0 Å². The van der Waals surface area contributed by atoms with Gasteiger partial charge in [0.2, 0.25) is 5.91 Å². The molecule has 0 radical (unpaired) electrons. The SMILES string of the molecule is CC(=O)Nc1ccc(CC(=O)O[C@@H](C)c2ccccc2Cl)cc1. The standard InChI is InChI=1S/C18H18ClNO3/c1-12(16-5-3-4-6-17(16)19)23-18(22)11-14-7-9-15(10-8-14)20-13(2)21/h3-10,12H,11H2,1-2H3,(H,20,21)/t12-/m0/s1. The van der Waals surface area contributed by atoms with Gasteiger partial charge in [0.05, 0.1) is 6.42 Å². The van der Waals surface area contributed by atoms with Gasteiger partial charge in [-0.3, -0.25) is 9.59 Å². The lowest BCUT2D eigenvalue weighted by atomic mass is 10.1. The van der Waals surface area contributed by atoms with Gasteiger partial charge in [-0.2, -0.15) is 0 Å². The average molecular weight is 332 g/mol. The van der Waals surface area contributed by atoms with Crippen molar-refractivity contribution in [3.63, 3.8) is 0 Å². The normalized spacial score (nSPS) is 11.6. The Morgan fingerprint density at radius 2 is 1.78 bits per heavy atom. The van der Waals surface area contributed by atoms with E-state index in [9.17, 15) is 9.59 Å². The topological polar surface area (TPSA) is 55.4 Å². The minimum Gasteiger partial charge on any atom is -0.457 e. The summed E-state index contributed by atoms with van der Waals surface area (Å²) in [5, 5.41) is 3.25. The highest BCUT2D eigenvalue weighted by Crippen LogP contribution is 2.25. The lowest BCUT2D eigenvalue weighted by molar-refractivity contribution is -0.147. The maximum Gasteiger partial charge on any atom is 0.310 e. The van der Waals surface area contributed by atoms with E-state index in [1.54, 1.807) is 37.3 Å². The molecule has 4 nitrogen and oxygen atoms in total. The molecule has 0 aliphatic carbocycles. The molecule has 0 saturated carbocycles. The number of ether oxygens (including phenoxy) is 1. The van der Waals surface area contributed by atoms with E-state index in [4.69, 9.17) is 16.3 Å². The predicted molar refractivity (Wildman–Crippen MR) is 90.4 cm³/mol. The molecule has 0 aromatic heterocycles. The van der Waals surface area contributed by atoms with Gasteiger partial charge < -0.3 is 10.1 Å². The van der Waals surface area contributed by atoms with Gasteiger partial charge in [-0.15, -0.1) is 0 Å². The van der Waals surface area contributed by atoms with Crippen LogP contribution in [0.25, 0.3) is 0 Å². The zero-order valence-electron chi connectivity index (χ0n) is 13.0. The maximum absolute atomic E-state index is 12.0. The van der Waals surface area contributed by atoms with Crippen LogP contribution in [0.2, 0.25) is 5.02 Å². The molecule has 0 saturated heterocycles. The summed E-state index contributed by atoms with van der Waals surface area (Å²) in [5.74, 6) is -0.463. The number of esters is 1. The molecule has 120 valence electrons. The third-order valence-corrected chi connectivity index (χ3v) is 3.62. The summed E-state index contributed by atoms with van der Waals surface area (Å²) in [7, 11) is 0. The summed E-state index contributed by atoms with van der Waals surface area (Å²) in [6.07, 6.45) is -0.246. The Labute approximate surface area is 140 Å². The number of amides is 1. The Morgan fingerprint density at radius 3 is 2.39 bits per heavy atom. The Hall–Kier alpha value is -2.33. The second kappa shape index (κ2) is 7.79. The zero-order chi connectivity index (χ0) is 16.8. The number of rotatable bonds is 5. The zero-order valence-corrected chi connectivity index (χ0v) is 13.8.